The SMILES string of the molecule is Cc1ccsc1C(=O)NC[C@H]1CC[C@H]2[C@@H]3CC[C@H]4N(C)C(=O)CC[C@]4(C)[C@H]3CC[C@]12C. The van der Waals surface area contributed by atoms with E-state index < -0.39 is 0 Å². The summed E-state index contributed by atoms with van der Waals surface area (Å²) in [5.41, 5.74) is 1.72. The third-order valence-electron chi connectivity index (χ3n) is 10.3. The van der Waals surface area contributed by atoms with Crippen molar-refractivity contribution in [1.82, 2.24) is 10.2 Å². The van der Waals surface area contributed by atoms with E-state index in [9.17, 15) is 9.59 Å². The maximum absolute atomic E-state index is 12.7. The average Bonchev–Trinajstić information content (AvgIpc) is 3.32. The molecule has 2 heterocycles. The number of piperidine rings is 1. The number of nitrogens with zero attached hydrogens (tertiary/aromatic N) is 1. The van der Waals surface area contributed by atoms with E-state index in [1.54, 1.807) is 11.3 Å². The van der Waals surface area contributed by atoms with Gasteiger partial charge in [0.15, 0.2) is 0 Å². The Hall–Kier alpha value is -1.36. The molecule has 3 saturated carbocycles. The molecule has 7 atom stereocenters. The Morgan fingerprint density at radius 3 is 2.65 bits per heavy atom. The summed E-state index contributed by atoms with van der Waals surface area (Å²) in [5, 5.41) is 5.29. The minimum absolute atomic E-state index is 0.108. The number of hydrogen-bond donors (Lipinski definition) is 1. The van der Waals surface area contributed by atoms with Gasteiger partial charge in [0.25, 0.3) is 5.91 Å². The number of thiophene rings is 1. The zero-order chi connectivity index (χ0) is 22.0. The van der Waals surface area contributed by atoms with Crippen LogP contribution in [-0.2, 0) is 4.79 Å². The standard InChI is InChI=1S/C26H38N2O2S/c1-16-11-14-31-23(16)24(30)27-15-17-5-7-19-18-6-8-21-26(3,13-10-22(29)28(21)4)20(18)9-12-25(17,19)2/h11,14,17-21H,5-10,12-13,15H2,1-4H3,(H,27,30)/t17-,18+,19+,20+,21-,25-,26-/m1/s1. The molecule has 1 N–H and O–H groups in total. The van der Waals surface area contributed by atoms with Crippen molar-refractivity contribution in [1.29, 1.82) is 0 Å². The van der Waals surface area contributed by atoms with Crippen LogP contribution >= 0.6 is 11.3 Å². The Bertz CT molecular complexity index is 881. The molecule has 4 aliphatic rings. The third kappa shape index (κ3) is 3.20. The van der Waals surface area contributed by atoms with Gasteiger partial charge < -0.3 is 10.2 Å². The van der Waals surface area contributed by atoms with Gasteiger partial charge in [-0.15, -0.1) is 11.3 Å². The number of carbonyl (C=O) groups is 2. The van der Waals surface area contributed by atoms with Crippen molar-refractivity contribution in [2.45, 2.75) is 78.2 Å². The first-order chi connectivity index (χ1) is 14.8. The van der Waals surface area contributed by atoms with E-state index in [-0.39, 0.29) is 11.3 Å². The number of amides is 2. The second-order valence-corrected chi connectivity index (χ2v) is 12.4. The molecule has 170 valence electrons. The fourth-order valence-corrected chi connectivity index (χ4v) is 9.34. The fraction of sp³-hybridized carbons (Fsp3) is 0.769. The molecule has 1 aromatic rings. The molecular weight excluding hydrogens is 404 g/mol. The van der Waals surface area contributed by atoms with Gasteiger partial charge in [0.05, 0.1) is 4.88 Å². The molecule has 31 heavy (non-hydrogen) atoms. The number of rotatable bonds is 3. The molecule has 0 aromatic carbocycles. The molecule has 0 spiro atoms. The maximum atomic E-state index is 12.7. The van der Waals surface area contributed by atoms with Crippen LogP contribution in [0.15, 0.2) is 11.4 Å². The summed E-state index contributed by atoms with van der Waals surface area (Å²) in [4.78, 5) is 28.0. The van der Waals surface area contributed by atoms with Gasteiger partial charge in [-0.2, -0.15) is 0 Å². The first-order valence-corrected chi connectivity index (χ1v) is 13.2. The summed E-state index contributed by atoms with van der Waals surface area (Å²) in [6, 6.07) is 2.46. The monoisotopic (exact) mass is 442 g/mol. The topological polar surface area (TPSA) is 49.4 Å². The molecular formula is C26H38N2O2S. The predicted molar refractivity (Wildman–Crippen MR) is 125 cm³/mol. The van der Waals surface area contributed by atoms with Crippen molar-refractivity contribution in [2.24, 2.45) is 34.5 Å². The quantitative estimate of drug-likeness (QED) is 0.694. The van der Waals surface area contributed by atoms with Gasteiger partial charge in [-0.1, -0.05) is 13.8 Å². The minimum atomic E-state index is 0.108. The Morgan fingerprint density at radius 2 is 1.90 bits per heavy atom. The van der Waals surface area contributed by atoms with Crippen LogP contribution in [0, 0.1) is 41.4 Å². The van der Waals surface area contributed by atoms with E-state index >= 15 is 0 Å². The summed E-state index contributed by atoms with van der Waals surface area (Å²) in [5.74, 6) is 3.36. The van der Waals surface area contributed by atoms with Gasteiger partial charge in [-0.3, -0.25) is 9.59 Å². The summed E-state index contributed by atoms with van der Waals surface area (Å²) in [7, 11) is 2.04. The number of aryl methyl sites for hydroxylation is 1. The van der Waals surface area contributed by atoms with Crippen molar-refractivity contribution < 1.29 is 9.59 Å². The largest absolute Gasteiger partial charge is 0.351 e. The van der Waals surface area contributed by atoms with Crippen LogP contribution in [0.1, 0.15) is 80.4 Å². The number of carbonyl (C=O) groups excluding carboxylic acids is 2. The maximum Gasteiger partial charge on any atom is 0.261 e. The second-order valence-electron chi connectivity index (χ2n) is 11.4. The molecule has 4 fully saturated rings. The first kappa shape index (κ1) is 21.5. The molecule has 5 heteroatoms. The summed E-state index contributed by atoms with van der Waals surface area (Å²) in [6.45, 7) is 7.86. The number of nitrogens with one attached hydrogen (secondary N) is 1. The number of hydrogen-bond acceptors (Lipinski definition) is 3. The molecule has 0 bridgehead atoms. The normalized spacial score (nSPS) is 42.0. The third-order valence-corrected chi connectivity index (χ3v) is 11.3. The molecule has 4 nitrogen and oxygen atoms in total. The lowest BCUT2D eigenvalue weighted by molar-refractivity contribution is -0.158. The van der Waals surface area contributed by atoms with Crippen LogP contribution in [0.5, 0.6) is 0 Å². The van der Waals surface area contributed by atoms with Crippen molar-refractivity contribution in [2.75, 3.05) is 13.6 Å². The van der Waals surface area contributed by atoms with Crippen LogP contribution in [-0.4, -0.2) is 36.3 Å². The lowest BCUT2D eigenvalue weighted by Crippen LogP contribution is -2.61. The van der Waals surface area contributed by atoms with Gasteiger partial charge >= 0.3 is 0 Å². The van der Waals surface area contributed by atoms with Crippen molar-refractivity contribution >= 4 is 23.2 Å². The van der Waals surface area contributed by atoms with Crippen molar-refractivity contribution in [3.8, 4) is 0 Å². The van der Waals surface area contributed by atoms with Crippen LogP contribution in [0.25, 0.3) is 0 Å². The Morgan fingerprint density at radius 1 is 1.13 bits per heavy atom. The van der Waals surface area contributed by atoms with E-state index in [1.165, 1.54) is 38.5 Å². The lowest BCUT2D eigenvalue weighted by Gasteiger charge is -2.61. The summed E-state index contributed by atoms with van der Waals surface area (Å²) < 4.78 is 0. The van der Waals surface area contributed by atoms with Gasteiger partial charge in [0.1, 0.15) is 0 Å². The summed E-state index contributed by atoms with van der Waals surface area (Å²) >= 11 is 1.55. The second kappa shape index (κ2) is 7.60. The van der Waals surface area contributed by atoms with Gasteiger partial charge in [0.2, 0.25) is 5.91 Å². The smallest absolute Gasteiger partial charge is 0.261 e. The highest BCUT2D eigenvalue weighted by atomic mass is 32.1. The van der Waals surface area contributed by atoms with Crippen molar-refractivity contribution in [3.63, 3.8) is 0 Å². The average molecular weight is 443 g/mol. The van der Waals surface area contributed by atoms with Crippen molar-refractivity contribution in [3.05, 3.63) is 21.9 Å². The van der Waals surface area contributed by atoms with E-state index in [2.05, 4.69) is 24.1 Å². The minimum Gasteiger partial charge on any atom is -0.351 e. The Labute approximate surface area is 191 Å². The van der Waals surface area contributed by atoms with E-state index in [4.69, 9.17) is 0 Å². The summed E-state index contributed by atoms with van der Waals surface area (Å²) in [6.07, 6.45) is 9.37. The highest BCUT2D eigenvalue weighted by Gasteiger charge is 2.60. The molecule has 5 rings (SSSR count). The van der Waals surface area contributed by atoms with Crippen LogP contribution in [0.2, 0.25) is 0 Å². The van der Waals surface area contributed by atoms with Gasteiger partial charge in [-0.25, -0.2) is 0 Å². The van der Waals surface area contributed by atoms with Gasteiger partial charge in [0, 0.05) is 26.1 Å². The fourth-order valence-electron chi connectivity index (χ4n) is 8.50. The Balaban J connectivity index is 1.30. The first-order valence-electron chi connectivity index (χ1n) is 12.3. The molecule has 0 radical (unpaired) electrons. The molecule has 2 amide bonds. The molecule has 0 unspecified atom stereocenters. The molecule has 1 saturated heterocycles. The van der Waals surface area contributed by atoms with Crippen LogP contribution in [0.4, 0.5) is 0 Å². The Kier molecular flexibility index (Phi) is 5.27. The number of likely N-dealkylation sites (tertiary alicyclic amines) is 1. The van der Waals surface area contributed by atoms with E-state index in [0.29, 0.717) is 23.3 Å². The zero-order valence-electron chi connectivity index (χ0n) is 19.6. The molecule has 3 aliphatic carbocycles. The molecule has 1 aliphatic heterocycles. The van der Waals surface area contributed by atoms with Gasteiger partial charge in [-0.05, 0) is 103 Å². The van der Waals surface area contributed by atoms with E-state index in [0.717, 1.165) is 47.6 Å². The lowest BCUT2D eigenvalue weighted by atomic mass is 9.47. The molecule has 1 aromatic heterocycles. The highest BCUT2D eigenvalue weighted by Crippen LogP contribution is 2.66. The highest BCUT2D eigenvalue weighted by molar-refractivity contribution is 7.12. The van der Waals surface area contributed by atoms with Crippen LogP contribution in [0.3, 0.4) is 0 Å². The predicted octanol–water partition coefficient (Wildman–Crippen LogP) is 5.27. The van der Waals surface area contributed by atoms with E-state index in [1.807, 2.05) is 25.4 Å². The number of fused-ring (bicyclic) bond motifs is 5. The van der Waals surface area contributed by atoms with Crippen LogP contribution < -0.4 is 5.32 Å². The zero-order valence-corrected chi connectivity index (χ0v) is 20.4.